The molecule has 0 aliphatic carbocycles. The summed E-state index contributed by atoms with van der Waals surface area (Å²) in [6, 6.07) is 15.7. The number of imide groups is 1. The largest absolute Gasteiger partial charge is 0.320 e. The van der Waals surface area contributed by atoms with Crippen LogP contribution in [0.15, 0.2) is 48.5 Å². The molecule has 2 atom stereocenters. The number of amides is 2. The predicted octanol–water partition coefficient (Wildman–Crippen LogP) is 1.27. The summed E-state index contributed by atoms with van der Waals surface area (Å²) in [5.74, 6) is -0.130. The van der Waals surface area contributed by atoms with Gasteiger partial charge < -0.3 is 4.90 Å². The summed E-state index contributed by atoms with van der Waals surface area (Å²) in [6.45, 7) is 3.66. The average Bonchev–Trinajstić information content (AvgIpc) is 2.90. The molecular weight excluding hydrogens is 300 g/mol. The summed E-state index contributed by atoms with van der Waals surface area (Å²) in [5, 5.41) is 0. The Balaban J connectivity index is 1.60. The van der Waals surface area contributed by atoms with Crippen LogP contribution in [0.2, 0.25) is 0 Å². The van der Waals surface area contributed by atoms with Crippen LogP contribution in [-0.2, 0) is 22.6 Å². The molecule has 2 aliphatic rings. The number of para-hydroxylation sites is 1. The van der Waals surface area contributed by atoms with Crippen LogP contribution in [0.4, 0.5) is 5.69 Å². The highest BCUT2D eigenvalue weighted by Crippen LogP contribution is 2.25. The van der Waals surface area contributed by atoms with E-state index < -0.39 is 0 Å². The molecule has 0 spiro atoms. The van der Waals surface area contributed by atoms with E-state index >= 15 is 0 Å². The quantitative estimate of drug-likeness (QED) is 0.847. The van der Waals surface area contributed by atoms with Crippen LogP contribution in [0.3, 0.4) is 0 Å². The molecule has 24 heavy (non-hydrogen) atoms. The number of nitrogens with zero attached hydrogens (tertiary/aromatic N) is 1. The van der Waals surface area contributed by atoms with Crippen LogP contribution in [-0.4, -0.2) is 24.4 Å². The first-order chi connectivity index (χ1) is 11.6. The van der Waals surface area contributed by atoms with Gasteiger partial charge in [0.15, 0.2) is 6.04 Å². The molecule has 0 bridgehead atoms. The van der Waals surface area contributed by atoms with Crippen molar-refractivity contribution >= 4 is 17.5 Å². The fourth-order valence-corrected chi connectivity index (χ4v) is 3.92. The maximum atomic E-state index is 13.0. The second-order valence-corrected chi connectivity index (χ2v) is 6.71. The lowest BCUT2D eigenvalue weighted by molar-refractivity contribution is -0.930. The van der Waals surface area contributed by atoms with E-state index in [0.717, 1.165) is 30.8 Å². The number of hydrogen-bond acceptors (Lipinski definition) is 2. The molecule has 1 fully saturated rings. The normalized spacial score (nSPS) is 23.5. The Hall–Kier alpha value is -2.46. The number of anilines is 1. The van der Waals surface area contributed by atoms with E-state index in [-0.39, 0.29) is 17.9 Å². The Labute approximate surface area is 141 Å². The molecule has 4 rings (SSSR count). The van der Waals surface area contributed by atoms with Crippen LogP contribution in [0.5, 0.6) is 0 Å². The molecule has 2 heterocycles. The van der Waals surface area contributed by atoms with Gasteiger partial charge >= 0.3 is 0 Å². The van der Waals surface area contributed by atoms with E-state index in [1.165, 1.54) is 20.9 Å². The zero-order valence-corrected chi connectivity index (χ0v) is 13.8. The minimum absolute atomic E-state index is 0.0521. The van der Waals surface area contributed by atoms with Gasteiger partial charge in [0.05, 0.1) is 18.7 Å². The Morgan fingerprint density at radius 2 is 1.71 bits per heavy atom. The number of carbonyl (C=O) groups excluding carboxylic acids is 2. The van der Waals surface area contributed by atoms with Crippen molar-refractivity contribution in [1.82, 2.24) is 0 Å². The van der Waals surface area contributed by atoms with Crippen LogP contribution < -0.4 is 9.80 Å². The molecular formula is C20H21N2O2+. The van der Waals surface area contributed by atoms with Crippen molar-refractivity contribution in [2.75, 3.05) is 11.4 Å². The molecule has 2 aromatic carbocycles. The van der Waals surface area contributed by atoms with Crippen molar-refractivity contribution < 1.29 is 14.5 Å². The van der Waals surface area contributed by atoms with Gasteiger partial charge in [0.2, 0.25) is 5.91 Å². The van der Waals surface area contributed by atoms with Gasteiger partial charge in [-0.05, 0) is 24.1 Å². The van der Waals surface area contributed by atoms with Crippen molar-refractivity contribution in [2.45, 2.75) is 32.4 Å². The molecule has 1 unspecified atom stereocenters. The first-order valence-corrected chi connectivity index (χ1v) is 8.49. The molecule has 1 saturated heterocycles. The number of aryl methyl sites for hydroxylation is 1. The molecule has 1 N–H and O–H groups in total. The molecule has 2 amide bonds. The second kappa shape index (κ2) is 5.87. The Morgan fingerprint density at radius 1 is 1.00 bits per heavy atom. The average molecular weight is 321 g/mol. The van der Waals surface area contributed by atoms with Crippen molar-refractivity contribution in [3.8, 4) is 0 Å². The van der Waals surface area contributed by atoms with Crippen LogP contribution >= 0.6 is 0 Å². The highest BCUT2D eigenvalue weighted by molar-refractivity contribution is 6.22. The van der Waals surface area contributed by atoms with E-state index in [4.69, 9.17) is 0 Å². The van der Waals surface area contributed by atoms with Crippen molar-refractivity contribution in [2.24, 2.45) is 0 Å². The molecule has 0 saturated carbocycles. The summed E-state index contributed by atoms with van der Waals surface area (Å²) in [4.78, 5) is 28.1. The SMILES string of the molecule is Cc1ccccc1N1C(=O)C[C@@H]([NH+]2CCc3ccccc3C2)C1=O. The molecule has 2 aliphatic heterocycles. The maximum absolute atomic E-state index is 13.0. The van der Waals surface area contributed by atoms with E-state index in [1.807, 2.05) is 37.3 Å². The Bertz CT molecular complexity index is 815. The lowest BCUT2D eigenvalue weighted by Crippen LogP contribution is -3.16. The molecule has 0 aromatic heterocycles. The van der Waals surface area contributed by atoms with Gasteiger partial charge in [-0.3, -0.25) is 9.59 Å². The van der Waals surface area contributed by atoms with Crippen molar-refractivity contribution in [3.63, 3.8) is 0 Å². The molecule has 0 radical (unpaired) electrons. The van der Waals surface area contributed by atoms with E-state index in [0.29, 0.717) is 6.42 Å². The number of fused-ring (bicyclic) bond motifs is 1. The number of quaternary nitrogens is 1. The van der Waals surface area contributed by atoms with Gasteiger partial charge in [-0.15, -0.1) is 0 Å². The second-order valence-electron chi connectivity index (χ2n) is 6.71. The van der Waals surface area contributed by atoms with Gasteiger partial charge in [0, 0.05) is 12.0 Å². The molecule has 122 valence electrons. The fourth-order valence-electron chi connectivity index (χ4n) is 3.92. The lowest BCUT2D eigenvalue weighted by Gasteiger charge is -2.29. The highest BCUT2D eigenvalue weighted by Gasteiger charge is 2.46. The number of carbonyl (C=O) groups is 2. The Kier molecular flexibility index (Phi) is 3.69. The van der Waals surface area contributed by atoms with Crippen LogP contribution in [0, 0.1) is 6.92 Å². The third-order valence-corrected chi connectivity index (χ3v) is 5.25. The summed E-state index contributed by atoms with van der Waals surface area (Å²) < 4.78 is 0. The number of rotatable bonds is 2. The third kappa shape index (κ3) is 2.43. The number of nitrogens with one attached hydrogen (secondary N) is 1. The standard InChI is InChI=1S/C20H20N2O2/c1-14-6-2-5-9-17(14)22-19(23)12-18(20(22)24)21-11-10-15-7-3-4-8-16(15)13-21/h2-9,18H,10-13H2,1H3/p+1/t18-/m1/s1. The number of hydrogen-bond donors (Lipinski definition) is 1. The summed E-state index contributed by atoms with van der Waals surface area (Å²) in [7, 11) is 0. The predicted molar refractivity (Wildman–Crippen MR) is 91.8 cm³/mol. The first kappa shape index (κ1) is 15.1. The monoisotopic (exact) mass is 321 g/mol. The van der Waals surface area contributed by atoms with Gasteiger partial charge in [-0.1, -0.05) is 42.5 Å². The van der Waals surface area contributed by atoms with Gasteiger partial charge in [0.1, 0.15) is 6.54 Å². The minimum Gasteiger partial charge on any atom is -0.320 e. The highest BCUT2D eigenvalue weighted by atomic mass is 16.2. The van der Waals surface area contributed by atoms with Crippen LogP contribution in [0.1, 0.15) is 23.1 Å². The van der Waals surface area contributed by atoms with Crippen molar-refractivity contribution in [1.29, 1.82) is 0 Å². The Morgan fingerprint density at radius 3 is 2.50 bits per heavy atom. The fraction of sp³-hybridized carbons (Fsp3) is 0.300. The molecule has 4 nitrogen and oxygen atoms in total. The van der Waals surface area contributed by atoms with Gasteiger partial charge in [-0.25, -0.2) is 4.90 Å². The zero-order chi connectivity index (χ0) is 16.7. The van der Waals surface area contributed by atoms with Gasteiger partial charge in [0.25, 0.3) is 5.91 Å². The van der Waals surface area contributed by atoms with Crippen LogP contribution in [0.25, 0.3) is 0 Å². The summed E-state index contributed by atoms with van der Waals surface area (Å²) >= 11 is 0. The lowest BCUT2D eigenvalue weighted by atomic mass is 9.98. The topological polar surface area (TPSA) is 41.8 Å². The third-order valence-electron chi connectivity index (χ3n) is 5.25. The van der Waals surface area contributed by atoms with E-state index in [1.54, 1.807) is 0 Å². The van der Waals surface area contributed by atoms with Crippen molar-refractivity contribution in [3.05, 3.63) is 65.2 Å². The number of benzene rings is 2. The first-order valence-electron chi connectivity index (χ1n) is 8.49. The van der Waals surface area contributed by atoms with Gasteiger partial charge in [-0.2, -0.15) is 0 Å². The van der Waals surface area contributed by atoms with E-state index in [9.17, 15) is 9.59 Å². The minimum atomic E-state index is -0.259. The van der Waals surface area contributed by atoms with E-state index in [2.05, 4.69) is 18.2 Å². The summed E-state index contributed by atoms with van der Waals surface area (Å²) in [6.07, 6.45) is 1.28. The smallest absolute Gasteiger partial charge is 0.292 e. The maximum Gasteiger partial charge on any atom is 0.292 e. The zero-order valence-electron chi connectivity index (χ0n) is 13.8. The summed E-state index contributed by atoms with van der Waals surface area (Å²) in [5.41, 5.74) is 4.35. The molecule has 2 aromatic rings. The molecule has 4 heteroatoms.